The molecule has 0 spiro atoms. The van der Waals surface area contributed by atoms with E-state index in [0.29, 0.717) is 23.9 Å². The van der Waals surface area contributed by atoms with Crippen LogP contribution in [0.5, 0.6) is 0 Å². The number of nitrogens with zero attached hydrogens (tertiary/aromatic N) is 4. The van der Waals surface area contributed by atoms with Gasteiger partial charge in [0.2, 0.25) is 11.8 Å². The summed E-state index contributed by atoms with van der Waals surface area (Å²) in [5.41, 5.74) is 3.42. The molecule has 142 valence electrons. The molecule has 0 aliphatic rings. The van der Waals surface area contributed by atoms with Crippen LogP contribution >= 0.6 is 11.8 Å². The molecule has 0 N–H and O–H groups in total. The molecule has 0 bridgehead atoms. The molecule has 1 atom stereocenters. The summed E-state index contributed by atoms with van der Waals surface area (Å²) in [6.45, 7) is 7.83. The molecule has 0 radical (unpaired) electrons. The van der Waals surface area contributed by atoms with Gasteiger partial charge in [-0.25, -0.2) is 4.98 Å². The molecule has 0 fully saturated rings. The van der Waals surface area contributed by atoms with E-state index >= 15 is 0 Å². The van der Waals surface area contributed by atoms with Crippen molar-refractivity contribution in [2.24, 2.45) is 0 Å². The Morgan fingerprint density at radius 1 is 1.22 bits per heavy atom. The Kier molecular flexibility index (Phi) is 5.79. The van der Waals surface area contributed by atoms with Gasteiger partial charge in [-0.1, -0.05) is 16.8 Å². The molecule has 3 aromatic rings. The van der Waals surface area contributed by atoms with Crippen LogP contribution in [0.4, 0.5) is 0 Å². The van der Waals surface area contributed by atoms with E-state index in [2.05, 4.69) is 48.3 Å². The number of benzene rings is 1. The molecule has 0 unspecified atom stereocenters. The van der Waals surface area contributed by atoms with E-state index in [9.17, 15) is 4.79 Å². The normalized spacial score (nSPS) is 12.3. The summed E-state index contributed by atoms with van der Waals surface area (Å²) >= 11 is 1.60. The molecule has 2 aromatic heterocycles. The van der Waals surface area contributed by atoms with Gasteiger partial charge in [0.1, 0.15) is 6.04 Å². The van der Waals surface area contributed by atoms with Gasteiger partial charge in [-0.2, -0.15) is 4.98 Å². The highest BCUT2D eigenvalue weighted by Crippen LogP contribution is 2.25. The first-order chi connectivity index (χ1) is 12.8. The van der Waals surface area contributed by atoms with Crippen molar-refractivity contribution < 1.29 is 9.32 Å². The SMILES string of the molecule is Cc1ccc2nc(SCCC(=O)N(C)[C@@H](C)c3nc(C)no3)cc(C)c2c1. The Morgan fingerprint density at radius 3 is 2.70 bits per heavy atom. The molecule has 27 heavy (non-hydrogen) atoms. The molecule has 0 saturated heterocycles. The monoisotopic (exact) mass is 384 g/mol. The van der Waals surface area contributed by atoms with Crippen LogP contribution in [-0.2, 0) is 4.79 Å². The molecule has 0 aliphatic carbocycles. The van der Waals surface area contributed by atoms with E-state index in [-0.39, 0.29) is 11.9 Å². The number of aryl methyl sites for hydroxylation is 3. The molecular weight excluding hydrogens is 360 g/mol. The molecule has 6 nitrogen and oxygen atoms in total. The van der Waals surface area contributed by atoms with E-state index in [1.807, 2.05) is 6.92 Å². The van der Waals surface area contributed by atoms with E-state index in [4.69, 9.17) is 9.51 Å². The Morgan fingerprint density at radius 2 is 2.00 bits per heavy atom. The van der Waals surface area contributed by atoms with Gasteiger partial charge in [-0.3, -0.25) is 4.79 Å². The Labute approximate surface area is 163 Å². The quantitative estimate of drug-likeness (QED) is 0.592. The molecule has 2 heterocycles. The zero-order valence-electron chi connectivity index (χ0n) is 16.3. The largest absolute Gasteiger partial charge is 0.337 e. The lowest BCUT2D eigenvalue weighted by Crippen LogP contribution is -2.30. The highest BCUT2D eigenvalue weighted by Gasteiger charge is 2.22. The van der Waals surface area contributed by atoms with Crippen LogP contribution in [-0.4, -0.2) is 38.7 Å². The second-order valence-electron chi connectivity index (χ2n) is 6.76. The highest BCUT2D eigenvalue weighted by atomic mass is 32.2. The number of hydrogen-bond donors (Lipinski definition) is 0. The lowest BCUT2D eigenvalue weighted by atomic mass is 10.1. The minimum atomic E-state index is -0.243. The minimum absolute atomic E-state index is 0.0407. The number of thioether (sulfide) groups is 1. The average Bonchev–Trinajstić information content (AvgIpc) is 3.07. The van der Waals surface area contributed by atoms with E-state index in [1.165, 1.54) is 16.5 Å². The molecular formula is C20H24N4O2S. The Bertz CT molecular complexity index is 970. The second-order valence-corrected chi connectivity index (χ2v) is 7.87. The van der Waals surface area contributed by atoms with Crippen LogP contribution in [0.3, 0.4) is 0 Å². The number of carbonyl (C=O) groups excluding carboxylic acids is 1. The number of rotatable bonds is 6. The molecule has 0 aliphatic heterocycles. The maximum Gasteiger partial charge on any atom is 0.249 e. The van der Waals surface area contributed by atoms with Crippen molar-refractivity contribution in [3.63, 3.8) is 0 Å². The van der Waals surface area contributed by atoms with Gasteiger partial charge in [0, 0.05) is 24.6 Å². The van der Waals surface area contributed by atoms with Crippen LogP contribution in [0.2, 0.25) is 0 Å². The summed E-state index contributed by atoms with van der Waals surface area (Å²) in [5, 5.41) is 5.91. The van der Waals surface area contributed by atoms with Crippen molar-refractivity contribution in [3.8, 4) is 0 Å². The van der Waals surface area contributed by atoms with Crippen LogP contribution in [0.25, 0.3) is 10.9 Å². The predicted molar refractivity (Wildman–Crippen MR) is 107 cm³/mol. The van der Waals surface area contributed by atoms with Gasteiger partial charge < -0.3 is 9.42 Å². The number of carbonyl (C=O) groups is 1. The van der Waals surface area contributed by atoms with E-state index in [1.54, 1.807) is 30.6 Å². The number of fused-ring (bicyclic) bond motifs is 1. The van der Waals surface area contributed by atoms with Gasteiger partial charge in [-0.05, 0) is 51.5 Å². The number of amides is 1. The summed E-state index contributed by atoms with van der Waals surface area (Å²) < 4.78 is 5.16. The average molecular weight is 385 g/mol. The fourth-order valence-electron chi connectivity index (χ4n) is 2.83. The lowest BCUT2D eigenvalue weighted by Gasteiger charge is -2.21. The molecule has 3 rings (SSSR count). The van der Waals surface area contributed by atoms with E-state index < -0.39 is 0 Å². The first-order valence-corrected chi connectivity index (χ1v) is 9.90. The minimum Gasteiger partial charge on any atom is -0.337 e. The fourth-order valence-corrected chi connectivity index (χ4v) is 3.74. The van der Waals surface area contributed by atoms with Crippen LogP contribution in [0.1, 0.15) is 42.2 Å². The first kappa shape index (κ1) is 19.4. The number of aromatic nitrogens is 3. The van der Waals surface area contributed by atoms with Crippen LogP contribution in [0.15, 0.2) is 33.8 Å². The van der Waals surface area contributed by atoms with Gasteiger partial charge in [0.05, 0.1) is 10.5 Å². The van der Waals surface area contributed by atoms with Crippen molar-refractivity contribution in [2.45, 2.75) is 45.2 Å². The molecule has 7 heteroatoms. The van der Waals surface area contributed by atoms with Crippen LogP contribution in [0, 0.1) is 20.8 Å². The van der Waals surface area contributed by atoms with Gasteiger partial charge >= 0.3 is 0 Å². The van der Waals surface area contributed by atoms with Crippen molar-refractivity contribution in [1.29, 1.82) is 0 Å². The van der Waals surface area contributed by atoms with Crippen molar-refractivity contribution >= 4 is 28.6 Å². The topological polar surface area (TPSA) is 72.1 Å². The molecule has 0 saturated carbocycles. The zero-order valence-corrected chi connectivity index (χ0v) is 17.1. The summed E-state index contributed by atoms with van der Waals surface area (Å²) in [7, 11) is 1.76. The van der Waals surface area contributed by atoms with Gasteiger partial charge in [-0.15, -0.1) is 11.8 Å². The third-order valence-corrected chi connectivity index (χ3v) is 5.50. The second kappa shape index (κ2) is 8.08. The first-order valence-electron chi connectivity index (χ1n) is 8.92. The number of pyridine rings is 1. The van der Waals surface area contributed by atoms with Crippen molar-refractivity contribution in [3.05, 3.63) is 47.1 Å². The summed E-state index contributed by atoms with van der Waals surface area (Å²) in [6, 6.07) is 8.13. The maximum absolute atomic E-state index is 12.5. The van der Waals surface area contributed by atoms with Gasteiger partial charge in [0.25, 0.3) is 0 Å². The predicted octanol–water partition coefficient (Wildman–Crippen LogP) is 4.24. The van der Waals surface area contributed by atoms with E-state index in [0.717, 1.165) is 10.5 Å². The zero-order chi connectivity index (χ0) is 19.6. The third-order valence-electron chi connectivity index (χ3n) is 4.59. The molecule has 1 aromatic carbocycles. The Hall–Kier alpha value is -2.41. The highest BCUT2D eigenvalue weighted by molar-refractivity contribution is 7.99. The fraction of sp³-hybridized carbons (Fsp3) is 0.400. The van der Waals surface area contributed by atoms with Crippen molar-refractivity contribution in [2.75, 3.05) is 12.8 Å². The summed E-state index contributed by atoms with van der Waals surface area (Å²) in [4.78, 5) is 23.0. The lowest BCUT2D eigenvalue weighted by molar-refractivity contribution is -0.131. The van der Waals surface area contributed by atoms with Gasteiger partial charge in [0.15, 0.2) is 5.82 Å². The molecule has 1 amide bonds. The third kappa shape index (κ3) is 4.47. The summed E-state index contributed by atoms with van der Waals surface area (Å²) in [5.74, 6) is 1.74. The maximum atomic E-state index is 12.5. The Balaban J connectivity index is 1.59. The van der Waals surface area contributed by atoms with Crippen LogP contribution < -0.4 is 0 Å². The standard InChI is InChI=1S/C20H24N4O2S/c1-12-6-7-17-16(10-12)13(2)11-18(22-17)27-9-8-19(25)24(5)14(3)20-21-15(4)23-26-20/h6-7,10-11,14H,8-9H2,1-5H3/t14-/m0/s1. The smallest absolute Gasteiger partial charge is 0.249 e. The summed E-state index contributed by atoms with van der Waals surface area (Å²) in [6.07, 6.45) is 0.422. The van der Waals surface area contributed by atoms with Crippen molar-refractivity contribution in [1.82, 2.24) is 20.0 Å². The number of hydrogen-bond acceptors (Lipinski definition) is 6.